The van der Waals surface area contributed by atoms with Crippen LogP contribution in [0.25, 0.3) is 10.9 Å². The third-order valence-corrected chi connectivity index (χ3v) is 6.50. The SMILES string of the molecule is C=C/C(=C\C(Cl)=C(C)C)Nc1ncnc2cc(OCCOC)c(NC(=O)/C=C/CN3CC[C@H]3COC)cc12. The van der Waals surface area contributed by atoms with E-state index in [1.54, 1.807) is 38.5 Å². The summed E-state index contributed by atoms with van der Waals surface area (Å²) in [6.45, 7) is 10.8. The second kappa shape index (κ2) is 14.6. The number of methoxy groups -OCH3 is 2. The molecule has 0 unspecified atom stereocenters. The molecule has 0 spiro atoms. The number of rotatable bonds is 14. The van der Waals surface area contributed by atoms with Crippen molar-refractivity contribution in [3.05, 3.63) is 65.6 Å². The molecule has 0 radical (unpaired) electrons. The third-order valence-electron chi connectivity index (χ3n) is 6.02. The second-order valence-electron chi connectivity index (χ2n) is 8.99. The van der Waals surface area contributed by atoms with Gasteiger partial charge in [0.05, 0.1) is 24.4 Å². The molecule has 10 heteroatoms. The molecule has 9 nitrogen and oxygen atoms in total. The summed E-state index contributed by atoms with van der Waals surface area (Å²) < 4.78 is 16.3. The Morgan fingerprint density at radius 3 is 2.68 bits per heavy atom. The van der Waals surface area contributed by atoms with Crippen LogP contribution in [0, 0.1) is 0 Å². The number of benzene rings is 1. The van der Waals surface area contributed by atoms with Gasteiger partial charge in [-0.2, -0.15) is 0 Å². The lowest BCUT2D eigenvalue weighted by Crippen LogP contribution is -2.50. The molecule has 0 aliphatic carbocycles. The monoisotopic (exact) mass is 541 g/mol. The molecule has 2 aromatic rings. The first-order valence-corrected chi connectivity index (χ1v) is 12.8. The highest BCUT2D eigenvalue weighted by molar-refractivity contribution is 6.31. The summed E-state index contributed by atoms with van der Waals surface area (Å²) in [5.41, 5.74) is 2.78. The van der Waals surface area contributed by atoms with E-state index in [-0.39, 0.29) is 5.91 Å². The molecule has 0 bridgehead atoms. The highest BCUT2D eigenvalue weighted by Crippen LogP contribution is 2.33. The standard InChI is InChI=1S/C28H36ClN5O4/c1-6-20(14-23(29)19(2)3)32-28-22-15-25(26(38-13-12-36-4)16-24(22)30-18-31-28)33-27(35)8-7-10-34-11-9-21(34)17-37-5/h6-8,14-16,18,21H,1,9-13,17H2,2-5H3,(H,33,35)(H,30,31,32)/b8-7+,20-14+/t21-/m0/s1. The number of carbonyl (C=O) groups excluding carboxylic acids is 1. The quantitative estimate of drug-likeness (QED) is 0.198. The van der Waals surface area contributed by atoms with E-state index in [1.165, 1.54) is 12.4 Å². The van der Waals surface area contributed by atoms with Gasteiger partial charge in [0.2, 0.25) is 5.91 Å². The first kappa shape index (κ1) is 29.3. The van der Waals surface area contributed by atoms with Crippen molar-refractivity contribution in [1.82, 2.24) is 14.9 Å². The molecule has 38 heavy (non-hydrogen) atoms. The van der Waals surface area contributed by atoms with Crippen molar-refractivity contribution in [1.29, 1.82) is 0 Å². The summed E-state index contributed by atoms with van der Waals surface area (Å²) in [5.74, 6) is 0.755. The number of hydrogen-bond acceptors (Lipinski definition) is 8. The molecule has 204 valence electrons. The summed E-state index contributed by atoms with van der Waals surface area (Å²) in [6, 6.07) is 3.97. The smallest absolute Gasteiger partial charge is 0.248 e. The summed E-state index contributed by atoms with van der Waals surface area (Å²) in [7, 11) is 3.30. The molecular weight excluding hydrogens is 506 g/mol. The van der Waals surface area contributed by atoms with Crippen LogP contribution in [-0.2, 0) is 14.3 Å². The fourth-order valence-electron chi connectivity index (χ4n) is 3.78. The van der Waals surface area contributed by atoms with E-state index in [1.807, 2.05) is 19.9 Å². The number of aromatic nitrogens is 2. The average Bonchev–Trinajstić information content (AvgIpc) is 2.89. The van der Waals surface area contributed by atoms with E-state index in [9.17, 15) is 4.79 Å². The number of ether oxygens (including phenoxy) is 3. The van der Waals surface area contributed by atoms with E-state index >= 15 is 0 Å². The maximum absolute atomic E-state index is 12.8. The molecule has 2 N–H and O–H groups in total. The minimum Gasteiger partial charge on any atom is -0.489 e. The third kappa shape index (κ3) is 8.13. The molecule has 1 aromatic carbocycles. The number of nitrogens with zero attached hydrogens (tertiary/aromatic N) is 3. The fourth-order valence-corrected chi connectivity index (χ4v) is 3.90. The van der Waals surface area contributed by atoms with Gasteiger partial charge in [0, 0.05) is 61.6 Å². The van der Waals surface area contributed by atoms with E-state index in [4.69, 9.17) is 25.8 Å². The topological polar surface area (TPSA) is 97.8 Å². The highest BCUT2D eigenvalue weighted by atomic mass is 35.5. The maximum Gasteiger partial charge on any atom is 0.248 e. The number of carbonyl (C=O) groups is 1. The van der Waals surface area contributed by atoms with Crippen LogP contribution >= 0.6 is 11.6 Å². The van der Waals surface area contributed by atoms with Gasteiger partial charge in [0.25, 0.3) is 0 Å². The normalized spacial score (nSPS) is 15.8. The van der Waals surface area contributed by atoms with Gasteiger partial charge in [-0.1, -0.05) is 29.8 Å². The number of likely N-dealkylation sites (tertiary alicyclic amines) is 1. The fraction of sp³-hybridized carbons (Fsp3) is 0.393. The van der Waals surface area contributed by atoms with Crippen LogP contribution in [0.2, 0.25) is 0 Å². The van der Waals surface area contributed by atoms with Gasteiger partial charge in [-0.3, -0.25) is 9.69 Å². The summed E-state index contributed by atoms with van der Waals surface area (Å²) >= 11 is 6.33. The van der Waals surface area contributed by atoms with Crippen molar-refractivity contribution in [3.8, 4) is 5.75 Å². The Kier molecular flexibility index (Phi) is 11.3. The van der Waals surface area contributed by atoms with Crippen LogP contribution in [0.4, 0.5) is 11.5 Å². The zero-order valence-corrected chi connectivity index (χ0v) is 23.2. The van der Waals surface area contributed by atoms with Crippen molar-refractivity contribution in [2.45, 2.75) is 26.3 Å². The molecule has 1 atom stereocenters. The van der Waals surface area contributed by atoms with Gasteiger partial charge in [-0.15, -0.1) is 0 Å². The number of hydrogen-bond donors (Lipinski definition) is 2. The molecule has 1 saturated heterocycles. The Balaban J connectivity index is 1.86. The predicted molar refractivity (Wildman–Crippen MR) is 153 cm³/mol. The first-order valence-electron chi connectivity index (χ1n) is 12.4. The molecule has 2 heterocycles. The number of fused-ring (bicyclic) bond motifs is 1. The van der Waals surface area contributed by atoms with E-state index in [2.05, 4.69) is 32.1 Å². The van der Waals surface area contributed by atoms with Crippen LogP contribution < -0.4 is 15.4 Å². The van der Waals surface area contributed by atoms with Gasteiger partial charge >= 0.3 is 0 Å². The van der Waals surface area contributed by atoms with E-state index in [0.717, 1.165) is 18.5 Å². The van der Waals surface area contributed by atoms with Crippen LogP contribution in [0.5, 0.6) is 5.75 Å². The van der Waals surface area contributed by atoms with Gasteiger partial charge in [-0.25, -0.2) is 9.97 Å². The average molecular weight is 542 g/mol. The van der Waals surface area contributed by atoms with Crippen molar-refractivity contribution in [2.75, 3.05) is 57.8 Å². The highest BCUT2D eigenvalue weighted by Gasteiger charge is 2.26. The van der Waals surface area contributed by atoms with Crippen LogP contribution in [0.3, 0.4) is 0 Å². The van der Waals surface area contributed by atoms with Crippen molar-refractivity contribution in [3.63, 3.8) is 0 Å². The Morgan fingerprint density at radius 2 is 2.03 bits per heavy atom. The van der Waals surface area contributed by atoms with E-state index in [0.29, 0.717) is 71.3 Å². The summed E-state index contributed by atoms with van der Waals surface area (Å²) in [5, 5.41) is 7.48. The molecule has 3 rings (SSSR count). The van der Waals surface area contributed by atoms with Crippen molar-refractivity contribution < 1.29 is 19.0 Å². The first-order chi connectivity index (χ1) is 18.4. The number of allylic oxidation sites excluding steroid dienone is 4. The van der Waals surface area contributed by atoms with Crippen LogP contribution in [0.15, 0.2) is 65.6 Å². The largest absolute Gasteiger partial charge is 0.489 e. The van der Waals surface area contributed by atoms with Crippen molar-refractivity contribution >= 4 is 39.9 Å². The van der Waals surface area contributed by atoms with Crippen molar-refractivity contribution in [2.24, 2.45) is 0 Å². The Hall–Kier alpha value is -3.24. The molecule has 1 amide bonds. The second-order valence-corrected chi connectivity index (χ2v) is 9.40. The minimum absolute atomic E-state index is 0.266. The zero-order valence-electron chi connectivity index (χ0n) is 22.4. The lowest BCUT2D eigenvalue weighted by molar-refractivity contribution is -0.111. The summed E-state index contributed by atoms with van der Waals surface area (Å²) in [4.78, 5) is 23.9. The number of anilines is 2. The molecular formula is C28H36ClN5O4. The predicted octanol–water partition coefficient (Wildman–Crippen LogP) is 4.88. The van der Waals surface area contributed by atoms with E-state index < -0.39 is 0 Å². The molecule has 0 saturated carbocycles. The zero-order chi connectivity index (χ0) is 27.5. The lowest BCUT2D eigenvalue weighted by atomic mass is 10.0. The Bertz CT molecular complexity index is 1220. The molecule has 1 fully saturated rings. The Morgan fingerprint density at radius 1 is 1.21 bits per heavy atom. The number of amides is 1. The maximum atomic E-state index is 12.8. The van der Waals surface area contributed by atoms with Gasteiger partial charge in [0.1, 0.15) is 24.5 Å². The Labute approximate surface area is 229 Å². The summed E-state index contributed by atoms with van der Waals surface area (Å²) in [6.07, 6.45) is 9.39. The number of nitrogens with one attached hydrogen (secondary N) is 2. The minimum atomic E-state index is -0.266. The van der Waals surface area contributed by atoms with Gasteiger partial charge < -0.3 is 24.8 Å². The van der Waals surface area contributed by atoms with Gasteiger partial charge in [-0.05, 0) is 38.5 Å². The number of halogens is 1. The molecule has 1 aliphatic heterocycles. The molecule has 1 aliphatic rings. The van der Waals surface area contributed by atoms with Crippen LogP contribution in [0.1, 0.15) is 20.3 Å². The molecule has 1 aromatic heterocycles. The van der Waals surface area contributed by atoms with Crippen LogP contribution in [-0.4, -0.2) is 73.9 Å². The van der Waals surface area contributed by atoms with Gasteiger partial charge in [0.15, 0.2) is 0 Å². The lowest BCUT2D eigenvalue weighted by Gasteiger charge is -2.39.